The molecule has 32 heavy (non-hydrogen) atoms. The van der Waals surface area contributed by atoms with Crippen LogP contribution in [0.15, 0.2) is 22.5 Å². The molecular formula is C21H26N4O4S3. The Morgan fingerprint density at radius 2 is 2.25 bits per heavy atom. The van der Waals surface area contributed by atoms with E-state index >= 15 is 0 Å². The van der Waals surface area contributed by atoms with Gasteiger partial charge in [-0.1, -0.05) is 6.08 Å². The zero-order valence-electron chi connectivity index (χ0n) is 17.8. The molecule has 172 valence electrons. The highest BCUT2D eigenvalue weighted by Crippen LogP contribution is 2.35. The topological polar surface area (TPSA) is 101 Å². The summed E-state index contributed by atoms with van der Waals surface area (Å²) in [6, 6.07) is -0.661. The van der Waals surface area contributed by atoms with Crippen LogP contribution in [-0.4, -0.2) is 68.4 Å². The number of nitrogens with one attached hydrogen (secondary N) is 1. The Labute approximate surface area is 200 Å². The minimum atomic E-state index is -0.941. The highest BCUT2D eigenvalue weighted by molar-refractivity contribution is 8.14. The SMILES string of the molecule is C[C@@]12CSC(=N1)c1csc(n1)CNC(=O)CC(C=CCCS)OC(=O)[C@@H]1CCCN1C2=O. The van der Waals surface area contributed by atoms with Crippen molar-refractivity contribution in [3.8, 4) is 0 Å². The Hall–Kier alpha value is -1.85. The van der Waals surface area contributed by atoms with Gasteiger partial charge in [0.25, 0.3) is 5.91 Å². The van der Waals surface area contributed by atoms with Gasteiger partial charge in [0.1, 0.15) is 33.4 Å². The summed E-state index contributed by atoms with van der Waals surface area (Å²) in [6.07, 6.45) is 4.85. The molecule has 1 aromatic heterocycles. The number of esters is 1. The van der Waals surface area contributed by atoms with Crippen LogP contribution in [0.4, 0.5) is 0 Å². The first-order valence-electron chi connectivity index (χ1n) is 10.6. The lowest BCUT2D eigenvalue weighted by Gasteiger charge is -2.30. The molecule has 1 unspecified atom stereocenters. The number of cyclic esters (lactones) is 1. The molecule has 0 aliphatic carbocycles. The number of amides is 2. The number of aromatic nitrogens is 1. The van der Waals surface area contributed by atoms with Crippen LogP contribution >= 0.6 is 35.7 Å². The van der Waals surface area contributed by atoms with Gasteiger partial charge in [0, 0.05) is 17.7 Å². The summed E-state index contributed by atoms with van der Waals surface area (Å²) in [5.74, 6) is 0.277. The number of aliphatic imine (C=N–C) groups is 1. The van der Waals surface area contributed by atoms with E-state index in [0.29, 0.717) is 30.9 Å². The summed E-state index contributed by atoms with van der Waals surface area (Å²) in [6.45, 7) is 2.59. The fourth-order valence-electron chi connectivity index (χ4n) is 3.92. The summed E-state index contributed by atoms with van der Waals surface area (Å²) in [5, 5.41) is 6.22. The first kappa shape index (κ1) is 23.3. The number of hydrogen-bond acceptors (Lipinski definition) is 9. The zero-order valence-corrected chi connectivity index (χ0v) is 20.3. The monoisotopic (exact) mass is 494 g/mol. The molecule has 0 saturated carbocycles. The summed E-state index contributed by atoms with van der Waals surface area (Å²) in [4.78, 5) is 49.9. The number of ether oxygens (including phenoxy) is 1. The molecule has 4 bridgehead atoms. The maximum absolute atomic E-state index is 13.4. The van der Waals surface area contributed by atoms with Gasteiger partial charge in [-0.25, -0.2) is 9.78 Å². The lowest BCUT2D eigenvalue weighted by atomic mass is 10.0. The first-order valence-corrected chi connectivity index (χ1v) is 13.1. The number of thiazole rings is 1. The maximum atomic E-state index is 13.4. The molecule has 4 heterocycles. The second-order valence-corrected chi connectivity index (χ2v) is 10.5. The number of allylic oxidation sites excluding steroid dienone is 1. The van der Waals surface area contributed by atoms with Gasteiger partial charge in [0.05, 0.1) is 13.0 Å². The van der Waals surface area contributed by atoms with Gasteiger partial charge in [-0.2, -0.15) is 12.6 Å². The van der Waals surface area contributed by atoms with E-state index in [1.54, 1.807) is 11.0 Å². The largest absolute Gasteiger partial charge is 0.456 e. The quantitative estimate of drug-likeness (QED) is 0.380. The van der Waals surface area contributed by atoms with E-state index in [0.717, 1.165) is 22.2 Å². The number of thioether (sulfide) groups is 1. The van der Waals surface area contributed by atoms with Crippen LogP contribution in [0, 0.1) is 0 Å². The molecule has 11 heteroatoms. The lowest BCUT2D eigenvalue weighted by molar-refractivity contribution is -0.157. The fraction of sp³-hybridized carbons (Fsp3) is 0.571. The smallest absolute Gasteiger partial charge is 0.329 e. The molecule has 8 nitrogen and oxygen atoms in total. The van der Waals surface area contributed by atoms with Crippen molar-refractivity contribution in [2.24, 2.45) is 4.99 Å². The van der Waals surface area contributed by atoms with E-state index in [2.05, 4.69) is 22.9 Å². The van der Waals surface area contributed by atoms with Crippen molar-refractivity contribution in [1.29, 1.82) is 0 Å². The van der Waals surface area contributed by atoms with E-state index in [1.807, 2.05) is 18.4 Å². The highest BCUT2D eigenvalue weighted by Gasteiger charge is 2.46. The molecule has 1 N–H and O–H groups in total. The molecule has 0 radical (unpaired) electrons. The van der Waals surface area contributed by atoms with Crippen LogP contribution in [0.25, 0.3) is 0 Å². The van der Waals surface area contributed by atoms with Crippen LogP contribution in [0.2, 0.25) is 0 Å². The third-order valence-corrected chi connectivity index (χ3v) is 7.98. The third-order valence-electron chi connectivity index (χ3n) is 5.59. The Morgan fingerprint density at radius 3 is 3.06 bits per heavy atom. The summed E-state index contributed by atoms with van der Waals surface area (Å²) in [7, 11) is 0. The molecule has 3 atom stereocenters. The van der Waals surface area contributed by atoms with Gasteiger partial charge >= 0.3 is 5.97 Å². The van der Waals surface area contributed by atoms with Gasteiger partial charge in [0.2, 0.25) is 5.91 Å². The fourth-order valence-corrected chi connectivity index (χ4v) is 5.99. The summed E-state index contributed by atoms with van der Waals surface area (Å²) >= 11 is 7.12. The minimum Gasteiger partial charge on any atom is -0.456 e. The molecular weight excluding hydrogens is 468 g/mol. The summed E-state index contributed by atoms with van der Waals surface area (Å²) < 4.78 is 5.71. The predicted molar refractivity (Wildman–Crippen MR) is 128 cm³/mol. The van der Waals surface area contributed by atoms with E-state index in [9.17, 15) is 14.4 Å². The van der Waals surface area contributed by atoms with Gasteiger partial charge in [-0.15, -0.1) is 23.1 Å². The van der Waals surface area contributed by atoms with Crippen LogP contribution in [0.3, 0.4) is 0 Å². The van der Waals surface area contributed by atoms with Crippen LogP contribution < -0.4 is 5.32 Å². The minimum absolute atomic E-state index is 0.00792. The molecule has 1 saturated heterocycles. The first-order chi connectivity index (χ1) is 15.4. The molecule has 0 spiro atoms. The van der Waals surface area contributed by atoms with Crippen molar-refractivity contribution in [3.63, 3.8) is 0 Å². The Balaban J connectivity index is 1.65. The molecule has 1 fully saturated rings. The second kappa shape index (κ2) is 9.96. The molecule has 4 rings (SSSR count). The average Bonchev–Trinajstić information content (AvgIpc) is 3.51. The second-order valence-electron chi connectivity index (χ2n) is 8.16. The Kier molecular flexibility index (Phi) is 7.26. The number of fused-ring (bicyclic) bond motifs is 5. The maximum Gasteiger partial charge on any atom is 0.329 e. The molecule has 2 amide bonds. The highest BCUT2D eigenvalue weighted by atomic mass is 32.2. The van der Waals surface area contributed by atoms with Crippen molar-refractivity contribution >= 4 is 58.6 Å². The molecule has 0 aromatic carbocycles. The normalized spacial score (nSPS) is 29.1. The molecule has 1 aromatic rings. The van der Waals surface area contributed by atoms with Crippen molar-refractivity contribution in [3.05, 3.63) is 28.2 Å². The lowest BCUT2D eigenvalue weighted by Crippen LogP contribution is -2.51. The number of nitrogens with zero attached hydrogens (tertiary/aromatic N) is 3. The number of carbonyl (C=O) groups is 3. The van der Waals surface area contributed by atoms with Crippen LogP contribution in [0.5, 0.6) is 0 Å². The van der Waals surface area contributed by atoms with Crippen molar-refractivity contribution < 1.29 is 19.1 Å². The Bertz CT molecular complexity index is 963. The van der Waals surface area contributed by atoms with E-state index in [1.165, 1.54) is 23.1 Å². The van der Waals surface area contributed by atoms with Crippen molar-refractivity contribution in [2.45, 2.75) is 56.8 Å². The number of hydrogen-bond donors (Lipinski definition) is 2. The van der Waals surface area contributed by atoms with Crippen molar-refractivity contribution in [1.82, 2.24) is 15.2 Å². The summed E-state index contributed by atoms with van der Waals surface area (Å²) in [5.41, 5.74) is -0.220. The van der Waals surface area contributed by atoms with E-state index < -0.39 is 23.7 Å². The van der Waals surface area contributed by atoms with E-state index in [-0.39, 0.29) is 24.8 Å². The number of thiol groups is 1. The van der Waals surface area contributed by atoms with E-state index in [4.69, 9.17) is 9.73 Å². The van der Waals surface area contributed by atoms with Gasteiger partial charge in [-0.05, 0) is 38.0 Å². The molecule has 3 aliphatic rings. The predicted octanol–water partition coefficient (Wildman–Crippen LogP) is 2.19. The number of rotatable bonds is 3. The third kappa shape index (κ3) is 5.04. The Morgan fingerprint density at radius 1 is 1.41 bits per heavy atom. The van der Waals surface area contributed by atoms with Gasteiger partial charge in [-0.3, -0.25) is 14.6 Å². The standard InChI is InChI=1S/C21H26N4O4S3/c1-21-12-32-18(24-21)14-11-31-17(23-14)10-22-16(26)9-13(5-2-3-8-30)29-19(27)15-6-4-7-25(15)20(21)28/h2,5,11,13,15,30H,3-4,6-10,12H2,1H3,(H,22,26)/t13?,15-,21-/m0/s1. The van der Waals surface area contributed by atoms with Crippen LogP contribution in [-0.2, 0) is 25.7 Å². The average molecular weight is 495 g/mol. The number of carbonyl (C=O) groups excluding carboxylic acids is 3. The van der Waals surface area contributed by atoms with Gasteiger partial charge < -0.3 is 15.0 Å². The van der Waals surface area contributed by atoms with Crippen molar-refractivity contribution in [2.75, 3.05) is 18.1 Å². The molecule has 3 aliphatic heterocycles. The van der Waals surface area contributed by atoms with Crippen LogP contribution in [0.1, 0.15) is 43.3 Å². The zero-order chi connectivity index (χ0) is 22.7. The van der Waals surface area contributed by atoms with Gasteiger partial charge in [0.15, 0.2) is 0 Å².